The third kappa shape index (κ3) is 2.76. The van der Waals surface area contributed by atoms with Gasteiger partial charge in [0.15, 0.2) is 11.5 Å². The van der Waals surface area contributed by atoms with Crippen LogP contribution in [0.15, 0.2) is 36.7 Å². The molecule has 1 aliphatic rings. The second kappa shape index (κ2) is 5.91. The lowest BCUT2D eigenvalue weighted by Crippen LogP contribution is -2.43. The maximum Gasteiger partial charge on any atom is 0.183 e. The van der Waals surface area contributed by atoms with E-state index in [-0.39, 0.29) is 0 Å². The molecule has 0 bridgehead atoms. The highest BCUT2D eigenvalue weighted by Gasteiger charge is 2.34. The zero-order chi connectivity index (χ0) is 15.6. The molecule has 5 nitrogen and oxygen atoms in total. The summed E-state index contributed by atoms with van der Waals surface area (Å²) in [5.41, 5.74) is 0.325. The third-order valence-electron chi connectivity index (χ3n) is 4.06. The molecule has 1 saturated heterocycles. The standard InChI is InChI=1S/C16H15ClN4O/c17-13-3-1-12(2-4-13)16(22)5-9-21(10-6-16)15-14(11-18)19-7-8-20-15/h1-4,7-8,22H,5-6,9-10H2. The molecule has 0 aliphatic carbocycles. The summed E-state index contributed by atoms with van der Waals surface area (Å²) in [5, 5.41) is 20.6. The van der Waals surface area contributed by atoms with Crippen LogP contribution in [0.25, 0.3) is 0 Å². The van der Waals surface area contributed by atoms with Gasteiger partial charge < -0.3 is 10.0 Å². The smallest absolute Gasteiger partial charge is 0.183 e. The molecule has 1 aliphatic heterocycles. The first-order chi connectivity index (χ1) is 10.6. The van der Waals surface area contributed by atoms with Crippen molar-refractivity contribution in [2.45, 2.75) is 18.4 Å². The number of hydrogen-bond donors (Lipinski definition) is 1. The van der Waals surface area contributed by atoms with Gasteiger partial charge in [-0.25, -0.2) is 9.97 Å². The van der Waals surface area contributed by atoms with Crippen LogP contribution in [0.4, 0.5) is 5.82 Å². The highest BCUT2D eigenvalue weighted by Crippen LogP contribution is 2.34. The van der Waals surface area contributed by atoms with Gasteiger partial charge in [-0.05, 0) is 30.5 Å². The van der Waals surface area contributed by atoms with Gasteiger partial charge >= 0.3 is 0 Å². The van der Waals surface area contributed by atoms with E-state index in [0.29, 0.717) is 42.5 Å². The Bertz CT molecular complexity index is 703. The zero-order valence-corrected chi connectivity index (χ0v) is 12.7. The normalized spacial score (nSPS) is 17.0. The summed E-state index contributed by atoms with van der Waals surface area (Å²) < 4.78 is 0. The van der Waals surface area contributed by atoms with Gasteiger partial charge in [-0.15, -0.1) is 0 Å². The zero-order valence-electron chi connectivity index (χ0n) is 11.9. The van der Waals surface area contributed by atoms with Gasteiger partial charge in [0.2, 0.25) is 0 Å². The summed E-state index contributed by atoms with van der Waals surface area (Å²) in [6.07, 6.45) is 4.22. The molecule has 22 heavy (non-hydrogen) atoms. The van der Waals surface area contributed by atoms with Crippen LogP contribution in [0.5, 0.6) is 0 Å². The van der Waals surface area contributed by atoms with Crippen molar-refractivity contribution >= 4 is 17.4 Å². The van der Waals surface area contributed by atoms with Crippen LogP contribution >= 0.6 is 11.6 Å². The predicted octanol–water partition coefficient (Wildman–Crippen LogP) is 2.49. The van der Waals surface area contributed by atoms with Gasteiger partial charge in [0, 0.05) is 30.5 Å². The Morgan fingerprint density at radius 3 is 2.41 bits per heavy atom. The molecule has 6 heteroatoms. The van der Waals surface area contributed by atoms with Crippen LogP contribution in [0.1, 0.15) is 24.1 Å². The molecular formula is C16H15ClN4O. The molecular weight excluding hydrogens is 300 g/mol. The molecule has 0 atom stereocenters. The van der Waals surface area contributed by atoms with Crippen LogP contribution in [0.3, 0.4) is 0 Å². The number of hydrogen-bond acceptors (Lipinski definition) is 5. The lowest BCUT2D eigenvalue weighted by molar-refractivity contribution is 0.0116. The Kier molecular flexibility index (Phi) is 3.97. The molecule has 1 fully saturated rings. The summed E-state index contributed by atoms with van der Waals surface area (Å²) in [4.78, 5) is 10.3. The van der Waals surface area contributed by atoms with E-state index < -0.39 is 5.60 Å². The minimum atomic E-state index is -0.865. The molecule has 1 aromatic carbocycles. The van der Waals surface area contributed by atoms with E-state index in [1.165, 1.54) is 6.20 Å². The van der Waals surface area contributed by atoms with E-state index >= 15 is 0 Å². The number of nitriles is 1. The molecule has 0 unspecified atom stereocenters. The Morgan fingerprint density at radius 1 is 1.14 bits per heavy atom. The first-order valence-corrected chi connectivity index (χ1v) is 7.45. The molecule has 1 aromatic heterocycles. The van der Waals surface area contributed by atoms with Gasteiger partial charge in [-0.3, -0.25) is 0 Å². The topological polar surface area (TPSA) is 73.0 Å². The summed E-state index contributed by atoms with van der Waals surface area (Å²) in [7, 11) is 0. The van der Waals surface area contributed by atoms with E-state index in [1.54, 1.807) is 18.3 Å². The summed E-state index contributed by atoms with van der Waals surface area (Å²) in [6, 6.07) is 9.36. The minimum absolute atomic E-state index is 0.319. The second-order valence-electron chi connectivity index (χ2n) is 5.37. The lowest BCUT2D eigenvalue weighted by atomic mass is 9.84. The number of benzene rings is 1. The van der Waals surface area contributed by atoms with Crippen LogP contribution in [0.2, 0.25) is 5.02 Å². The summed E-state index contributed by atoms with van der Waals surface area (Å²) in [5.74, 6) is 0.586. The van der Waals surface area contributed by atoms with E-state index in [9.17, 15) is 5.11 Å². The minimum Gasteiger partial charge on any atom is -0.385 e. The van der Waals surface area contributed by atoms with Crippen molar-refractivity contribution < 1.29 is 5.11 Å². The third-order valence-corrected chi connectivity index (χ3v) is 4.31. The number of aromatic nitrogens is 2. The molecule has 2 heterocycles. The van der Waals surface area contributed by atoms with Crippen LogP contribution in [-0.2, 0) is 5.60 Å². The Balaban J connectivity index is 1.77. The van der Waals surface area contributed by atoms with Crippen LogP contribution < -0.4 is 4.90 Å². The predicted molar refractivity (Wildman–Crippen MR) is 83.5 cm³/mol. The van der Waals surface area contributed by atoms with Crippen molar-refractivity contribution in [2.24, 2.45) is 0 Å². The van der Waals surface area contributed by atoms with Crippen molar-refractivity contribution in [1.29, 1.82) is 5.26 Å². The van der Waals surface area contributed by atoms with Gasteiger partial charge in [0.1, 0.15) is 6.07 Å². The maximum absolute atomic E-state index is 10.9. The number of aliphatic hydroxyl groups is 1. The Hall–Kier alpha value is -2.16. The maximum atomic E-state index is 10.9. The van der Waals surface area contributed by atoms with E-state index in [1.807, 2.05) is 17.0 Å². The SMILES string of the molecule is N#Cc1nccnc1N1CCC(O)(c2ccc(Cl)cc2)CC1. The molecule has 1 N–H and O–H groups in total. The number of nitrogens with zero attached hydrogens (tertiary/aromatic N) is 4. The first kappa shape index (κ1) is 14.8. The Labute approximate surface area is 133 Å². The Morgan fingerprint density at radius 2 is 1.77 bits per heavy atom. The highest BCUT2D eigenvalue weighted by molar-refractivity contribution is 6.30. The fraction of sp³-hybridized carbons (Fsp3) is 0.312. The van der Waals surface area contributed by atoms with E-state index in [4.69, 9.17) is 16.9 Å². The summed E-state index contributed by atoms with van der Waals surface area (Å²) >= 11 is 5.90. The van der Waals surface area contributed by atoms with E-state index in [2.05, 4.69) is 16.0 Å². The average Bonchev–Trinajstić information content (AvgIpc) is 2.56. The fourth-order valence-electron chi connectivity index (χ4n) is 2.78. The molecule has 2 aromatic rings. The van der Waals surface area contributed by atoms with Crippen molar-refractivity contribution in [2.75, 3.05) is 18.0 Å². The number of anilines is 1. The summed E-state index contributed by atoms with van der Waals surface area (Å²) in [6.45, 7) is 1.24. The first-order valence-electron chi connectivity index (χ1n) is 7.07. The van der Waals surface area contributed by atoms with Crippen molar-refractivity contribution in [3.63, 3.8) is 0 Å². The largest absolute Gasteiger partial charge is 0.385 e. The molecule has 3 rings (SSSR count). The van der Waals surface area contributed by atoms with E-state index in [0.717, 1.165) is 5.56 Å². The van der Waals surface area contributed by atoms with Gasteiger partial charge in [-0.2, -0.15) is 5.26 Å². The number of rotatable bonds is 2. The fourth-order valence-corrected chi connectivity index (χ4v) is 2.90. The van der Waals surface area contributed by atoms with Gasteiger partial charge in [-0.1, -0.05) is 23.7 Å². The van der Waals surface area contributed by atoms with Crippen molar-refractivity contribution in [1.82, 2.24) is 9.97 Å². The lowest BCUT2D eigenvalue weighted by Gasteiger charge is -2.39. The second-order valence-corrected chi connectivity index (χ2v) is 5.80. The molecule has 112 valence electrons. The highest BCUT2D eigenvalue weighted by atomic mass is 35.5. The van der Waals surface area contributed by atoms with Crippen LogP contribution in [0, 0.1) is 11.3 Å². The monoisotopic (exact) mass is 314 g/mol. The quantitative estimate of drug-likeness (QED) is 0.922. The van der Waals surface area contributed by atoms with Crippen molar-refractivity contribution in [3.05, 3.63) is 52.9 Å². The van der Waals surface area contributed by atoms with Gasteiger partial charge in [0.05, 0.1) is 5.60 Å². The number of piperidine rings is 1. The number of halogens is 1. The van der Waals surface area contributed by atoms with Crippen molar-refractivity contribution in [3.8, 4) is 6.07 Å². The van der Waals surface area contributed by atoms with Gasteiger partial charge in [0.25, 0.3) is 0 Å². The molecule has 0 radical (unpaired) electrons. The van der Waals surface area contributed by atoms with Crippen LogP contribution in [-0.4, -0.2) is 28.2 Å². The molecule has 0 saturated carbocycles. The molecule has 0 amide bonds. The average molecular weight is 315 g/mol. The molecule has 0 spiro atoms.